The minimum absolute atomic E-state index is 0.0133. The van der Waals surface area contributed by atoms with Crippen LogP contribution in [0.2, 0.25) is 0 Å². The second-order valence-electron chi connectivity index (χ2n) is 7.67. The zero-order chi connectivity index (χ0) is 23.7. The van der Waals surface area contributed by atoms with Gasteiger partial charge in [0.1, 0.15) is 11.6 Å². The van der Waals surface area contributed by atoms with Crippen molar-refractivity contribution < 1.29 is 28.7 Å². The quantitative estimate of drug-likeness (QED) is 0.318. The molecule has 0 aliphatic heterocycles. The van der Waals surface area contributed by atoms with Crippen molar-refractivity contribution in [1.82, 2.24) is 4.73 Å². The van der Waals surface area contributed by atoms with Crippen LogP contribution in [0, 0.1) is 19.7 Å². The fraction of sp³-hybridized carbons (Fsp3) is 0.154. The maximum atomic E-state index is 13.2. The van der Waals surface area contributed by atoms with E-state index in [9.17, 15) is 19.1 Å². The maximum absolute atomic E-state index is 13.2. The van der Waals surface area contributed by atoms with Gasteiger partial charge in [-0.3, -0.25) is 4.79 Å². The summed E-state index contributed by atoms with van der Waals surface area (Å²) < 4.78 is 19.8. The largest absolute Gasteiger partial charge is 0.507 e. The van der Waals surface area contributed by atoms with Crippen molar-refractivity contribution in [3.63, 3.8) is 0 Å². The first-order chi connectivity index (χ1) is 15.8. The van der Waals surface area contributed by atoms with Crippen molar-refractivity contribution in [2.45, 2.75) is 20.8 Å². The molecule has 4 rings (SSSR count). The third kappa shape index (κ3) is 4.30. The zero-order valence-corrected chi connectivity index (χ0v) is 18.4. The Labute approximate surface area is 189 Å². The third-order valence-corrected chi connectivity index (χ3v) is 5.23. The molecular formula is C26H22FNO5. The average molecular weight is 447 g/mol. The molecule has 0 saturated carbocycles. The van der Waals surface area contributed by atoms with E-state index in [1.54, 1.807) is 13.0 Å². The molecule has 1 N–H and O–H groups in total. The summed E-state index contributed by atoms with van der Waals surface area (Å²) in [6.45, 7) is 5.80. The van der Waals surface area contributed by atoms with Gasteiger partial charge in [0, 0.05) is 10.9 Å². The summed E-state index contributed by atoms with van der Waals surface area (Å²) in [5, 5.41) is 11.1. The molecule has 0 saturated heterocycles. The number of ether oxygens (including phenoxy) is 1. The number of carbonyl (C=O) groups is 2. The molecule has 0 radical (unpaired) electrons. The van der Waals surface area contributed by atoms with Gasteiger partial charge in [-0.2, -0.15) is 4.73 Å². The summed E-state index contributed by atoms with van der Waals surface area (Å²) in [4.78, 5) is 31.5. The summed E-state index contributed by atoms with van der Waals surface area (Å²) in [5.41, 5.74) is 3.01. The van der Waals surface area contributed by atoms with E-state index in [1.807, 2.05) is 26.0 Å². The molecule has 0 unspecified atom stereocenters. The Kier molecular flexibility index (Phi) is 5.87. The van der Waals surface area contributed by atoms with E-state index in [0.29, 0.717) is 5.52 Å². The second kappa shape index (κ2) is 8.78. The summed E-state index contributed by atoms with van der Waals surface area (Å²) in [7, 11) is 0. The highest BCUT2D eigenvalue weighted by atomic mass is 19.1. The predicted octanol–water partition coefficient (Wildman–Crippen LogP) is 5.35. The lowest BCUT2D eigenvalue weighted by Crippen LogP contribution is -2.16. The van der Waals surface area contributed by atoms with Crippen LogP contribution < -0.4 is 4.84 Å². The van der Waals surface area contributed by atoms with Gasteiger partial charge in [0.2, 0.25) is 0 Å². The van der Waals surface area contributed by atoms with Gasteiger partial charge in [0.25, 0.3) is 0 Å². The lowest BCUT2D eigenvalue weighted by molar-refractivity contribution is 0.0488. The van der Waals surface area contributed by atoms with Gasteiger partial charge in [-0.25, -0.2) is 9.18 Å². The Hall–Kier alpha value is -4.13. The number of aryl methyl sites for hydroxylation is 2. The molecule has 0 fully saturated rings. The molecule has 168 valence electrons. The number of rotatable bonds is 6. The molecule has 1 heterocycles. The number of benzene rings is 3. The van der Waals surface area contributed by atoms with Crippen molar-refractivity contribution in [3.8, 4) is 11.5 Å². The van der Waals surface area contributed by atoms with Gasteiger partial charge < -0.3 is 14.7 Å². The van der Waals surface area contributed by atoms with E-state index in [2.05, 4.69) is 0 Å². The summed E-state index contributed by atoms with van der Waals surface area (Å²) in [6.07, 6.45) is 0. The Bertz CT molecular complexity index is 1370. The number of carbonyl (C=O) groups excluding carboxylic acids is 2. The number of phenols is 1. The zero-order valence-electron chi connectivity index (χ0n) is 18.4. The molecule has 0 atom stereocenters. The van der Waals surface area contributed by atoms with Crippen LogP contribution in [0.3, 0.4) is 0 Å². The van der Waals surface area contributed by atoms with Gasteiger partial charge in [-0.1, -0.05) is 6.07 Å². The highest BCUT2D eigenvalue weighted by Crippen LogP contribution is 2.30. The monoisotopic (exact) mass is 447 g/mol. The fourth-order valence-electron chi connectivity index (χ4n) is 3.70. The van der Waals surface area contributed by atoms with Gasteiger partial charge in [0.15, 0.2) is 17.2 Å². The molecule has 0 bridgehead atoms. The van der Waals surface area contributed by atoms with E-state index in [4.69, 9.17) is 9.57 Å². The molecule has 7 heteroatoms. The van der Waals surface area contributed by atoms with Crippen LogP contribution in [-0.2, 0) is 4.74 Å². The third-order valence-electron chi connectivity index (χ3n) is 5.23. The van der Waals surface area contributed by atoms with Crippen molar-refractivity contribution in [2.75, 3.05) is 6.61 Å². The lowest BCUT2D eigenvalue weighted by Gasteiger charge is -2.13. The predicted molar refractivity (Wildman–Crippen MR) is 121 cm³/mol. The minimum Gasteiger partial charge on any atom is -0.507 e. The van der Waals surface area contributed by atoms with E-state index in [1.165, 1.54) is 47.2 Å². The topological polar surface area (TPSA) is 77.8 Å². The second-order valence-corrected chi connectivity index (χ2v) is 7.67. The fourth-order valence-corrected chi connectivity index (χ4v) is 3.70. The SMILES string of the molecule is CCOC(=O)c1cc2c(C)cc(C)cc2n1Oc1ccc(O)c(C(=O)c2ccc(F)cc2)c1. The smallest absolute Gasteiger partial charge is 0.358 e. The average Bonchev–Trinajstić information content (AvgIpc) is 3.14. The molecule has 0 spiro atoms. The Morgan fingerprint density at radius 1 is 1.00 bits per heavy atom. The first-order valence-electron chi connectivity index (χ1n) is 10.4. The van der Waals surface area contributed by atoms with Crippen molar-refractivity contribution in [2.24, 2.45) is 0 Å². The van der Waals surface area contributed by atoms with Crippen LogP contribution in [0.4, 0.5) is 4.39 Å². The summed E-state index contributed by atoms with van der Waals surface area (Å²) in [6, 6.07) is 14.8. The van der Waals surface area contributed by atoms with E-state index in [0.717, 1.165) is 16.5 Å². The number of esters is 1. The van der Waals surface area contributed by atoms with Crippen LogP contribution in [0.5, 0.6) is 11.5 Å². The molecular weight excluding hydrogens is 425 g/mol. The number of aromatic hydroxyl groups is 1. The molecule has 1 aromatic heterocycles. The number of hydrogen-bond acceptors (Lipinski definition) is 5. The highest BCUT2D eigenvalue weighted by molar-refractivity contribution is 6.10. The van der Waals surface area contributed by atoms with Crippen LogP contribution in [0.25, 0.3) is 10.9 Å². The van der Waals surface area contributed by atoms with Crippen LogP contribution in [-0.4, -0.2) is 28.2 Å². The van der Waals surface area contributed by atoms with Gasteiger partial charge in [0.05, 0.1) is 17.7 Å². The number of hydrogen-bond donors (Lipinski definition) is 1. The lowest BCUT2D eigenvalue weighted by atomic mass is 10.0. The standard InChI is InChI=1S/C26H22FNO5/c1-4-32-26(31)23-14-20-16(3)11-15(2)12-22(20)28(23)33-19-9-10-24(29)21(13-19)25(30)17-5-7-18(27)8-6-17/h5-14,29H,4H2,1-3H3. The number of ketones is 1. The Morgan fingerprint density at radius 2 is 1.73 bits per heavy atom. The van der Waals surface area contributed by atoms with E-state index in [-0.39, 0.29) is 34.9 Å². The first-order valence-corrected chi connectivity index (χ1v) is 10.4. The van der Waals surface area contributed by atoms with Crippen LogP contribution >= 0.6 is 0 Å². The molecule has 33 heavy (non-hydrogen) atoms. The first kappa shape index (κ1) is 22.1. The molecule has 0 aliphatic rings. The molecule has 4 aromatic rings. The Balaban J connectivity index is 1.79. The number of halogens is 1. The van der Waals surface area contributed by atoms with Crippen LogP contribution in [0.1, 0.15) is 44.5 Å². The van der Waals surface area contributed by atoms with E-state index >= 15 is 0 Å². The van der Waals surface area contributed by atoms with Crippen molar-refractivity contribution in [3.05, 3.63) is 94.4 Å². The van der Waals surface area contributed by atoms with Crippen molar-refractivity contribution in [1.29, 1.82) is 0 Å². The summed E-state index contributed by atoms with van der Waals surface area (Å²) in [5.74, 6) is -1.53. The maximum Gasteiger partial charge on any atom is 0.358 e. The number of aromatic nitrogens is 1. The summed E-state index contributed by atoms with van der Waals surface area (Å²) >= 11 is 0. The number of phenolic OH excluding ortho intramolecular Hbond substituents is 1. The van der Waals surface area contributed by atoms with Crippen LogP contribution in [0.15, 0.2) is 60.7 Å². The van der Waals surface area contributed by atoms with Gasteiger partial charge in [-0.15, -0.1) is 0 Å². The highest BCUT2D eigenvalue weighted by Gasteiger charge is 2.21. The van der Waals surface area contributed by atoms with Crippen molar-refractivity contribution >= 4 is 22.7 Å². The number of fused-ring (bicyclic) bond motifs is 1. The van der Waals surface area contributed by atoms with Gasteiger partial charge in [-0.05, 0) is 86.5 Å². The molecule has 3 aromatic carbocycles. The number of nitrogens with zero attached hydrogens (tertiary/aromatic N) is 1. The normalized spacial score (nSPS) is 10.9. The Morgan fingerprint density at radius 3 is 2.42 bits per heavy atom. The molecule has 0 amide bonds. The molecule has 0 aliphatic carbocycles. The molecule has 6 nitrogen and oxygen atoms in total. The minimum atomic E-state index is -0.549. The van der Waals surface area contributed by atoms with Gasteiger partial charge >= 0.3 is 5.97 Å². The van der Waals surface area contributed by atoms with E-state index < -0.39 is 17.6 Å².